The normalized spacial score (nSPS) is 19.7. The van der Waals surface area contributed by atoms with Crippen LogP contribution in [0.4, 0.5) is 5.69 Å². The molecule has 0 aromatic heterocycles. The van der Waals surface area contributed by atoms with Gasteiger partial charge < -0.3 is 10.1 Å². The van der Waals surface area contributed by atoms with Crippen molar-refractivity contribution in [3.8, 4) is 0 Å². The van der Waals surface area contributed by atoms with E-state index in [2.05, 4.69) is 12.2 Å². The van der Waals surface area contributed by atoms with Crippen LogP contribution in [0.15, 0.2) is 24.3 Å². The largest absolute Gasteiger partial charge is 0.368 e. The second kappa shape index (κ2) is 5.12. The van der Waals surface area contributed by atoms with Crippen LogP contribution in [0.1, 0.15) is 25.3 Å². The standard InChI is InChI=1S/C13H17NO2/c1-2-10-5-7-11(8-6-10)14-13(15)12-4-3-9-16-12/h5-8,12H,2-4,9H2,1H3,(H,14,15). The third-order valence-electron chi connectivity index (χ3n) is 2.85. The van der Waals surface area contributed by atoms with Gasteiger partial charge in [0.1, 0.15) is 6.10 Å². The molecule has 1 amide bonds. The number of ether oxygens (including phenoxy) is 1. The Hall–Kier alpha value is -1.35. The minimum absolute atomic E-state index is 0.0262. The molecule has 16 heavy (non-hydrogen) atoms. The molecular formula is C13H17NO2. The minimum Gasteiger partial charge on any atom is -0.368 e. The van der Waals surface area contributed by atoms with E-state index in [1.807, 2.05) is 24.3 Å². The quantitative estimate of drug-likeness (QED) is 0.847. The fourth-order valence-corrected chi connectivity index (χ4v) is 1.83. The fourth-order valence-electron chi connectivity index (χ4n) is 1.83. The molecule has 2 rings (SSSR count). The van der Waals surface area contributed by atoms with Crippen molar-refractivity contribution in [1.29, 1.82) is 0 Å². The summed E-state index contributed by atoms with van der Waals surface area (Å²) in [6.07, 6.45) is 2.57. The Labute approximate surface area is 95.8 Å². The van der Waals surface area contributed by atoms with Gasteiger partial charge in [-0.05, 0) is 37.0 Å². The van der Waals surface area contributed by atoms with Crippen molar-refractivity contribution in [1.82, 2.24) is 0 Å². The second-order valence-corrected chi connectivity index (χ2v) is 4.04. The molecule has 0 bridgehead atoms. The first-order chi connectivity index (χ1) is 7.79. The molecule has 1 heterocycles. The van der Waals surface area contributed by atoms with Gasteiger partial charge in [-0.25, -0.2) is 0 Å². The van der Waals surface area contributed by atoms with Crippen LogP contribution in [0.5, 0.6) is 0 Å². The summed E-state index contributed by atoms with van der Waals surface area (Å²) in [6, 6.07) is 7.94. The molecule has 1 N–H and O–H groups in total. The van der Waals surface area contributed by atoms with Crippen molar-refractivity contribution in [3.63, 3.8) is 0 Å². The van der Waals surface area contributed by atoms with Crippen molar-refractivity contribution in [2.45, 2.75) is 32.3 Å². The van der Waals surface area contributed by atoms with Gasteiger partial charge in [-0.1, -0.05) is 19.1 Å². The lowest BCUT2D eigenvalue weighted by atomic mass is 10.1. The molecule has 0 radical (unpaired) electrons. The molecule has 3 nitrogen and oxygen atoms in total. The van der Waals surface area contributed by atoms with E-state index in [9.17, 15) is 4.79 Å². The van der Waals surface area contributed by atoms with E-state index in [4.69, 9.17) is 4.74 Å². The van der Waals surface area contributed by atoms with Crippen LogP contribution in [0.3, 0.4) is 0 Å². The summed E-state index contributed by atoms with van der Waals surface area (Å²) in [5, 5.41) is 2.87. The molecule has 86 valence electrons. The van der Waals surface area contributed by atoms with Gasteiger partial charge in [-0.2, -0.15) is 0 Å². The maximum Gasteiger partial charge on any atom is 0.253 e. The molecular weight excluding hydrogens is 202 g/mol. The molecule has 0 saturated carbocycles. The molecule has 1 aliphatic heterocycles. The lowest BCUT2D eigenvalue weighted by molar-refractivity contribution is -0.124. The van der Waals surface area contributed by atoms with E-state index in [0.29, 0.717) is 6.61 Å². The van der Waals surface area contributed by atoms with Crippen molar-refractivity contribution >= 4 is 11.6 Å². The topological polar surface area (TPSA) is 38.3 Å². The van der Waals surface area contributed by atoms with E-state index in [1.165, 1.54) is 5.56 Å². The Balaban J connectivity index is 1.94. The van der Waals surface area contributed by atoms with Gasteiger partial charge in [-0.3, -0.25) is 4.79 Å². The first kappa shape index (κ1) is 11.1. The van der Waals surface area contributed by atoms with Gasteiger partial charge >= 0.3 is 0 Å². The number of anilines is 1. The number of benzene rings is 1. The van der Waals surface area contributed by atoms with Gasteiger partial charge in [-0.15, -0.1) is 0 Å². The Kier molecular flexibility index (Phi) is 3.57. The first-order valence-corrected chi connectivity index (χ1v) is 5.81. The highest BCUT2D eigenvalue weighted by Gasteiger charge is 2.23. The molecule has 1 aromatic rings. The third-order valence-corrected chi connectivity index (χ3v) is 2.85. The lowest BCUT2D eigenvalue weighted by Crippen LogP contribution is -2.26. The van der Waals surface area contributed by atoms with Crippen molar-refractivity contribution in [2.24, 2.45) is 0 Å². The van der Waals surface area contributed by atoms with Crippen LogP contribution in [-0.4, -0.2) is 18.6 Å². The summed E-state index contributed by atoms with van der Waals surface area (Å²) in [5.74, 6) is -0.0262. The third kappa shape index (κ3) is 2.61. The summed E-state index contributed by atoms with van der Waals surface area (Å²) in [6.45, 7) is 2.81. The van der Waals surface area contributed by atoms with Crippen molar-refractivity contribution in [2.75, 3.05) is 11.9 Å². The Morgan fingerprint density at radius 1 is 1.44 bits per heavy atom. The van der Waals surface area contributed by atoms with Gasteiger partial charge in [0.25, 0.3) is 5.91 Å². The molecule has 1 fully saturated rings. The molecule has 1 aliphatic rings. The van der Waals surface area contributed by atoms with Gasteiger partial charge in [0.05, 0.1) is 0 Å². The summed E-state index contributed by atoms with van der Waals surface area (Å²) in [4.78, 5) is 11.7. The summed E-state index contributed by atoms with van der Waals surface area (Å²) in [5.41, 5.74) is 2.12. The number of carbonyl (C=O) groups excluding carboxylic acids is 1. The number of aryl methyl sites for hydroxylation is 1. The zero-order chi connectivity index (χ0) is 11.4. The van der Waals surface area contributed by atoms with E-state index < -0.39 is 0 Å². The number of nitrogens with one attached hydrogen (secondary N) is 1. The number of rotatable bonds is 3. The van der Waals surface area contributed by atoms with Gasteiger partial charge in [0.15, 0.2) is 0 Å². The summed E-state index contributed by atoms with van der Waals surface area (Å²) < 4.78 is 5.32. The lowest BCUT2D eigenvalue weighted by Gasteiger charge is -2.10. The molecule has 1 atom stereocenters. The molecule has 1 unspecified atom stereocenters. The monoisotopic (exact) mass is 219 g/mol. The average molecular weight is 219 g/mol. The highest BCUT2D eigenvalue weighted by molar-refractivity contribution is 5.94. The van der Waals surface area contributed by atoms with E-state index in [-0.39, 0.29) is 12.0 Å². The molecule has 1 saturated heterocycles. The van der Waals surface area contributed by atoms with Gasteiger partial charge in [0.2, 0.25) is 0 Å². The maximum absolute atomic E-state index is 11.7. The van der Waals surface area contributed by atoms with Crippen molar-refractivity contribution in [3.05, 3.63) is 29.8 Å². The predicted octanol–water partition coefficient (Wildman–Crippen LogP) is 2.37. The van der Waals surface area contributed by atoms with Crippen LogP contribution >= 0.6 is 0 Å². The molecule has 0 aliphatic carbocycles. The number of hydrogen-bond donors (Lipinski definition) is 1. The summed E-state index contributed by atoms with van der Waals surface area (Å²) in [7, 11) is 0. The van der Waals surface area contributed by atoms with Crippen LogP contribution in [0.2, 0.25) is 0 Å². The highest BCUT2D eigenvalue weighted by atomic mass is 16.5. The Bertz CT molecular complexity index is 353. The Morgan fingerprint density at radius 2 is 2.19 bits per heavy atom. The van der Waals surface area contributed by atoms with E-state index in [0.717, 1.165) is 24.9 Å². The van der Waals surface area contributed by atoms with Crippen LogP contribution in [0, 0.1) is 0 Å². The number of hydrogen-bond acceptors (Lipinski definition) is 2. The first-order valence-electron chi connectivity index (χ1n) is 5.81. The number of amides is 1. The van der Waals surface area contributed by atoms with E-state index >= 15 is 0 Å². The highest BCUT2D eigenvalue weighted by Crippen LogP contribution is 2.15. The summed E-state index contributed by atoms with van der Waals surface area (Å²) >= 11 is 0. The smallest absolute Gasteiger partial charge is 0.253 e. The molecule has 1 aromatic carbocycles. The van der Waals surface area contributed by atoms with Gasteiger partial charge in [0, 0.05) is 12.3 Å². The zero-order valence-electron chi connectivity index (χ0n) is 9.53. The van der Waals surface area contributed by atoms with Crippen LogP contribution in [0.25, 0.3) is 0 Å². The second-order valence-electron chi connectivity index (χ2n) is 4.04. The fraction of sp³-hybridized carbons (Fsp3) is 0.462. The number of carbonyl (C=O) groups is 1. The van der Waals surface area contributed by atoms with Crippen LogP contribution in [-0.2, 0) is 16.0 Å². The van der Waals surface area contributed by atoms with Crippen LogP contribution < -0.4 is 5.32 Å². The SMILES string of the molecule is CCc1ccc(NC(=O)C2CCCO2)cc1. The van der Waals surface area contributed by atoms with Crippen molar-refractivity contribution < 1.29 is 9.53 Å². The maximum atomic E-state index is 11.7. The van der Waals surface area contributed by atoms with E-state index in [1.54, 1.807) is 0 Å². The Morgan fingerprint density at radius 3 is 2.75 bits per heavy atom. The molecule has 3 heteroatoms. The average Bonchev–Trinajstić information content (AvgIpc) is 2.83. The minimum atomic E-state index is -0.258. The zero-order valence-corrected chi connectivity index (χ0v) is 9.53. The molecule has 0 spiro atoms. The predicted molar refractivity (Wildman–Crippen MR) is 63.4 cm³/mol.